The lowest BCUT2D eigenvalue weighted by molar-refractivity contribution is 0.227. The molecule has 31 heavy (non-hydrogen) atoms. The molecule has 2 aliphatic carbocycles. The number of hydrogen-bond acceptors (Lipinski definition) is 0. The zero-order valence-electron chi connectivity index (χ0n) is 20.1. The van der Waals surface area contributed by atoms with Gasteiger partial charge in [-0.25, -0.2) is 0 Å². The Morgan fingerprint density at radius 2 is 1.35 bits per heavy atom. The van der Waals surface area contributed by atoms with Crippen molar-refractivity contribution in [3.8, 4) is 0 Å². The Balaban J connectivity index is 1.26. The normalized spacial score (nSPS) is 27.2. The Morgan fingerprint density at radius 3 is 2.03 bits per heavy atom. The molecule has 2 aliphatic rings. The van der Waals surface area contributed by atoms with Crippen LogP contribution in [-0.2, 0) is 6.42 Å². The Kier molecular flexibility index (Phi) is 8.28. The molecular formula is C31H44. The van der Waals surface area contributed by atoms with E-state index in [0.29, 0.717) is 0 Å². The number of fused-ring (bicyclic) bond motifs is 1. The molecular weight excluding hydrogens is 372 g/mol. The number of allylic oxidation sites excluding steroid dienone is 2. The summed E-state index contributed by atoms with van der Waals surface area (Å²) in [6, 6.07) is 14.4. The predicted octanol–water partition coefficient (Wildman–Crippen LogP) is 9.62. The van der Waals surface area contributed by atoms with Crippen molar-refractivity contribution in [2.24, 2.45) is 17.8 Å². The van der Waals surface area contributed by atoms with Gasteiger partial charge in [0.1, 0.15) is 0 Å². The van der Waals surface area contributed by atoms with E-state index in [1.165, 1.54) is 87.0 Å². The first-order valence-electron chi connectivity index (χ1n) is 13.4. The summed E-state index contributed by atoms with van der Waals surface area (Å²) in [5.41, 5.74) is 3.05. The van der Waals surface area contributed by atoms with Gasteiger partial charge in [0.05, 0.1) is 0 Å². The summed E-state index contributed by atoms with van der Waals surface area (Å²) in [6.45, 7) is 4.48. The average Bonchev–Trinajstić information content (AvgIpc) is 2.83. The molecule has 0 bridgehead atoms. The molecule has 0 nitrogen and oxygen atoms in total. The van der Waals surface area contributed by atoms with Crippen LogP contribution < -0.4 is 0 Å². The minimum absolute atomic E-state index is 0.787. The zero-order chi connectivity index (χ0) is 21.5. The third-order valence-corrected chi connectivity index (χ3v) is 8.61. The van der Waals surface area contributed by atoms with Gasteiger partial charge >= 0.3 is 0 Å². The van der Waals surface area contributed by atoms with E-state index >= 15 is 0 Å². The number of benzene rings is 2. The van der Waals surface area contributed by atoms with Crippen molar-refractivity contribution in [3.05, 3.63) is 59.7 Å². The van der Waals surface area contributed by atoms with Gasteiger partial charge in [-0.2, -0.15) is 0 Å². The molecule has 0 heterocycles. The van der Waals surface area contributed by atoms with Crippen LogP contribution in [-0.4, -0.2) is 0 Å². The molecule has 0 aliphatic heterocycles. The van der Waals surface area contributed by atoms with Crippen molar-refractivity contribution in [1.29, 1.82) is 0 Å². The monoisotopic (exact) mass is 416 g/mol. The molecule has 4 rings (SSSR count). The molecule has 0 heteroatoms. The quantitative estimate of drug-likeness (QED) is 0.376. The SMILES string of the molecule is C/C=C/CCc1ccc2cc(C3CCC(CCC4CCC(CC)CC4)CC3)ccc2c1. The highest BCUT2D eigenvalue weighted by molar-refractivity contribution is 5.84. The van der Waals surface area contributed by atoms with E-state index in [2.05, 4.69) is 62.4 Å². The van der Waals surface area contributed by atoms with E-state index in [0.717, 1.165) is 36.5 Å². The minimum Gasteiger partial charge on any atom is -0.0917 e. The van der Waals surface area contributed by atoms with Crippen LogP contribution in [0.2, 0.25) is 0 Å². The van der Waals surface area contributed by atoms with Gasteiger partial charge in [-0.3, -0.25) is 0 Å². The van der Waals surface area contributed by atoms with Crippen molar-refractivity contribution in [2.75, 3.05) is 0 Å². The van der Waals surface area contributed by atoms with Crippen molar-refractivity contribution in [3.63, 3.8) is 0 Å². The van der Waals surface area contributed by atoms with Crippen molar-refractivity contribution < 1.29 is 0 Å². The van der Waals surface area contributed by atoms with Gasteiger partial charge in [0.15, 0.2) is 0 Å². The summed E-state index contributed by atoms with van der Waals surface area (Å²) in [4.78, 5) is 0. The van der Waals surface area contributed by atoms with E-state index in [-0.39, 0.29) is 0 Å². The first-order valence-corrected chi connectivity index (χ1v) is 13.4. The van der Waals surface area contributed by atoms with Crippen molar-refractivity contribution in [2.45, 2.75) is 103 Å². The molecule has 0 unspecified atom stereocenters. The van der Waals surface area contributed by atoms with Gasteiger partial charge in [-0.05, 0) is 91.0 Å². The highest BCUT2D eigenvalue weighted by Gasteiger charge is 2.25. The number of hydrogen-bond donors (Lipinski definition) is 0. The molecule has 168 valence electrons. The third-order valence-electron chi connectivity index (χ3n) is 8.61. The van der Waals surface area contributed by atoms with Crippen LogP contribution in [0.1, 0.15) is 108 Å². The largest absolute Gasteiger partial charge is 0.0917 e. The number of aryl methyl sites for hydroxylation is 1. The standard InChI is InChI=1S/C31H44/c1-3-5-6-7-27-16-19-31-23-30(21-20-29(31)22-27)28-17-14-26(15-18-28)13-12-25-10-8-24(4-2)9-11-25/h3,5,16,19-26,28H,4,6-15,17-18H2,1-2H3/b5-3+. The summed E-state index contributed by atoms with van der Waals surface area (Å²) < 4.78 is 0. The fourth-order valence-electron chi connectivity index (χ4n) is 6.32. The molecule has 2 aromatic rings. The smallest absolute Gasteiger partial charge is 0.0162 e. The molecule has 0 amide bonds. The molecule has 0 N–H and O–H groups in total. The first-order chi connectivity index (χ1) is 15.2. The molecule has 0 spiro atoms. The van der Waals surface area contributed by atoms with Crippen LogP contribution in [0.3, 0.4) is 0 Å². The van der Waals surface area contributed by atoms with Crippen molar-refractivity contribution in [1.82, 2.24) is 0 Å². The van der Waals surface area contributed by atoms with Crippen LogP contribution in [0, 0.1) is 17.8 Å². The van der Waals surface area contributed by atoms with Crippen LogP contribution >= 0.6 is 0 Å². The van der Waals surface area contributed by atoms with Gasteiger partial charge in [0.25, 0.3) is 0 Å². The van der Waals surface area contributed by atoms with Gasteiger partial charge in [0, 0.05) is 0 Å². The van der Waals surface area contributed by atoms with E-state index in [1.807, 2.05) is 0 Å². The molecule has 0 atom stereocenters. The maximum atomic E-state index is 2.49. The minimum atomic E-state index is 0.787. The summed E-state index contributed by atoms with van der Waals surface area (Å²) >= 11 is 0. The summed E-state index contributed by atoms with van der Waals surface area (Å²) in [7, 11) is 0. The van der Waals surface area contributed by atoms with Crippen LogP contribution in [0.15, 0.2) is 48.6 Å². The average molecular weight is 417 g/mol. The summed E-state index contributed by atoms with van der Waals surface area (Å²) in [5, 5.41) is 2.84. The molecule has 2 aromatic carbocycles. The summed E-state index contributed by atoms with van der Waals surface area (Å²) in [5.74, 6) is 3.87. The Labute approximate surface area is 191 Å². The van der Waals surface area contributed by atoms with E-state index < -0.39 is 0 Å². The first kappa shape index (κ1) is 22.6. The second-order valence-electron chi connectivity index (χ2n) is 10.6. The van der Waals surface area contributed by atoms with Gasteiger partial charge in [-0.15, -0.1) is 0 Å². The second-order valence-corrected chi connectivity index (χ2v) is 10.6. The lowest BCUT2D eigenvalue weighted by atomic mass is 9.74. The van der Waals surface area contributed by atoms with Gasteiger partial charge in [0.2, 0.25) is 0 Å². The molecule has 0 aromatic heterocycles. The lowest BCUT2D eigenvalue weighted by Crippen LogP contribution is -2.17. The summed E-state index contributed by atoms with van der Waals surface area (Å²) in [6.07, 6.45) is 22.9. The zero-order valence-corrected chi connectivity index (χ0v) is 20.1. The van der Waals surface area contributed by atoms with Gasteiger partial charge in [-0.1, -0.05) is 100 Å². The maximum Gasteiger partial charge on any atom is -0.0162 e. The lowest BCUT2D eigenvalue weighted by Gasteiger charge is -2.32. The van der Waals surface area contributed by atoms with Gasteiger partial charge < -0.3 is 0 Å². The fourth-order valence-corrected chi connectivity index (χ4v) is 6.32. The molecule has 0 radical (unpaired) electrons. The Bertz CT molecular complexity index is 828. The molecule has 0 saturated heterocycles. The number of rotatable bonds is 8. The van der Waals surface area contributed by atoms with E-state index in [4.69, 9.17) is 0 Å². The van der Waals surface area contributed by atoms with Crippen LogP contribution in [0.4, 0.5) is 0 Å². The maximum absolute atomic E-state index is 2.49. The predicted molar refractivity (Wildman–Crippen MR) is 137 cm³/mol. The van der Waals surface area contributed by atoms with Crippen LogP contribution in [0.5, 0.6) is 0 Å². The molecule has 2 fully saturated rings. The highest BCUT2D eigenvalue weighted by atomic mass is 14.3. The fraction of sp³-hybridized carbons (Fsp3) is 0.613. The van der Waals surface area contributed by atoms with Crippen LogP contribution in [0.25, 0.3) is 10.8 Å². The Morgan fingerprint density at radius 1 is 0.742 bits per heavy atom. The highest BCUT2D eigenvalue weighted by Crippen LogP contribution is 2.40. The van der Waals surface area contributed by atoms with E-state index in [9.17, 15) is 0 Å². The third kappa shape index (κ3) is 6.24. The molecule has 2 saturated carbocycles. The van der Waals surface area contributed by atoms with Crippen molar-refractivity contribution >= 4 is 10.8 Å². The Hall–Kier alpha value is -1.56. The second kappa shape index (κ2) is 11.3. The van der Waals surface area contributed by atoms with E-state index in [1.54, 1.807) is 5.56 Å². The topological polar surface area (TPSA) is 0 Å².